The van der Waals surface area contributed by atoms with E-state index in [1.165, 1.54) is 14.2 Å². The van der Waals surface area contributed by atoms with Crippen molar-refractivity contribution in [1.29, 1.82) is 0 Å². The summed E-state index contributed by atoms with van der Waals surface area (Å²) in [5.74, 6) is -2.26. The van der Waals surface area contributed by atoms with Gasteiger partial charge in [0.2, 0.25) is 5.91 Å². The third-order valence-corrected chi connectivity index (χ3v) is 1.77. The van der Waals surface area contributed by atoms with Gasteiger partial charge in [-0.25, -0.2) is 4.79 Å². The number of nitrogens with one attached hydrogen (secondary N) is 1. The molecular formula is C9H15NO6. The Labute approximate surface area is 92.7 Å². The summed E-state index contributed by atoms with van der Waals surface area (Å²) >= 11 is 0. The Kier molecular flexibility index (Phi) is 6.86. The monoisotopic (exact) mass is 233 g/mol. The molecule has 1 atom stereocenters. The van der Waals surface area contributed by atoms with Crippen molar-refractivity contribution in [3.63, 3.8) is 0 Å². The predicted molar refractivity (Wildman–Crippen MR) is 52.7 cm³/mol. The summed E-state index contributed by atoms with van der Waals surface area (Å²) in [4.78, 5) is 32.6. The van der Waals surface area contributed by atoms with Gasteiger partial charge in [-0.15, -0.1) is 0 Å². The molecule has 0 aromatic carbocycles. The van der Waals surface area contributed by atoms with Crippen molar-refractivity contribution in [3.8, 4) is 0 Å². The molecule has 1 amide bonds. The standard InChI is InChI=1S/C9H15NO6/c1-15-5-7(11)10-6(9(13)14)3-4-8(12)16-2/h6H,3-5H2,1-2H3,(H,10,11)(H,13,14)/t6-/m0/s1. The number of methoxy groups -OCH3 is 2. The van der Waals surface area contributed by atoms with Gasteiger partial charge >= 0.3 is 11.9 Å². The van der Waals surface area contributed by atoms with Crippen LogP contribution in [0.3, 0.4) is 0 Å². The highest BCUT2D eigenvalue weighted by atomic mass is 16.5. The molecule has 0 bridgehead atoms. The van der Waals surface area contributed by atoms with Crippen molar-refractivity contribution in [2.75, 3.05) is 20.8 Å². The Morgan fingerprint density at radius 2 is 1.94 bits per heavy atom. The number of rotatable bonds is 7. The minimum atomic E-state index is -1.20. The average molecular weight is 233 g/mol. The topological polar surface area (TPSA) is 102 Å². The lowest BCUT2D eigenvalue weighted by Crippen LogP contribution is -2.42. The molecule has 0 aliphatic heterocycles. The quantitative estimate of drug-likeness (QED) is 0.556. The highest BCUT2D eigenvalue weighted by Crippen LogP contribution is 1.99. The third kappa shape index (κ3) is 5.97. The van der Waals surface area contributed by atoms with Crippen LogP contribution < -0.4 is 5.32 Å². The van der Waals surface area contributed by atoms with E-state index in [2.05, 4.69) is 14.8 Å². The number of carboxylic acid groups (broad SMARTS) is 1. The molecule has 0 radical (unpaired) electrons. The minimum absolute atomic E-state index is 0.0164. The zero-order chi connectivity index (χ0) is 12.6. The summed E-state index contributed by atoms with van der Waals surface area (Å²) in [6, 6.07) is -1.11. The first kappa shape index (κ1) is 14.4. The normalized spacial score (nSPS) is 11.6. The van der Waals surface area contributed by atoms with E-state index in [1.807, 2.05) is 0 Å². The van der Waals surface area contributed by atoms with E-state index >= 15 is 0 Å². The molecule has 0 saturated carbocycles. The summed E-state index contributed by atoms with van der Waals surface area (Å²) < 4.78 is 8.90. The number of aliphatic carboxylic acids is 1. The van der Waals surface area contributed by atoms with Crippen LogP contribution >= 0.6 is 0 Å². The number of carbonyl (C=O) groups is 3. The Hall–Kier alpha value is -1.63. The molecule has 0 heterocycles. The molecule has 0 aliphatic rings. The molecule has 2 N–H and O–H groups in total. The molecule has 0 aliphatic carbocycles. The fourth-order valence-corrected chi connectivity index (χ4v) is 0.989. The Bertz CT molecular complexity index is 265. The van der Waals surface area contributed by atoms with Gasteiger partial charge in [-0.05, 0) is 6.42 Å². The minimum Gasteiger partial charge on any atom is -0.480 e. The lowest BCUT2D eigenvalue weighted by molar-refractivity contribution is -0.144. The van der Waals surface area contributed by atoms with Gasteiger partial charge in [0.05, 0.1) is 7.11 Å². The first-order valence-electron chi connectivity index (χ1n) is 4.59. The maximum atomic E-state index is 11.1. The summed E-state index contributed by atoms with van der Waals surface area (Å²) in [6.07, 6.45) is -0.0851. The maximum Gasteiger partial charge on any atom is 0.326 e. The molecule has 0 aromatic rings. The number of esters is 1. The van der Waals surface area contributed by atoms with Crippen LogP contribution in [0.5, 0.6) is 0 Å². The van der Waals surface area contributed by atoms with E-state index in [4.69, 9.17) is 5.11 Å². The van der Waals surface area contributed by atoms with Gasteiger partial charge in [0.25, 0.3) is 0 Å². The van der Waals surface area contributed by atoms with Crippen LogP contribution in [0, 0.1) is 0 Å². The second-order valence-corrected chi connectivity index (χ2v) is 3.01. The molecule has 0 spiro atoms. The number of carboxylic acids is 1. The summed E-state index contributed by atoms with van der Waals surface area (Å²) in [6.45, 7) is -0.220. The molecule has 16 heavy (non-hydrogen) atoms. The molecular weight excluding hydrogens is 218 g/mol. The van der Waals surface area contributed by atoms with Gasteiger partial charge in [-0.1, -0.05) is 0 Å². The fourth-order valence-electron chi connectivity index (χ4n) is 0.989. The van der Waals surface area contributed by atoms with Crippen LogP contribution in [0.2, 0.25) is 0 Å². The van der Waals surface area contributed by atoms with Crippen LogP contribution in [0.1, 0.15) is 12.8 Å². The number of carbonyl (C=O) groups excluding carboxylic acids is 2. The molecule has 0 rings (SSSR count). The predicted octanol–water partition coefficient (Wildman–Crippen LogP) is -0.845. The van der Waals surface area contributed by atoms with Crippen LogP contribution in [-0.2, 0) is 23.9 Å². The van der Waals surface area contributed by atoms with Gasteiger partial charge < -0.3 is 19.9 Å². The summed E-state index contributed by atoms with van der Waals surface area (Å²) in [5.41, 5.74) is 0. The van der Waals surface area contributed by atoms with Crippen molar-refractivity contribution in [1.82, 2.24) is 5.32 Å². The molecule has 0 aromatic heterocycles. The molecule has 92 valence electrons. The zero-order valence-electron chi connectivity index (χ0n) is 9.19. The van der Waals surface area contributed by atoms with Crippen molar-refractivity contribution in [2.45, 2.75) is 18.9 Å². The number of ether oxygens (including phenoxy) is 2. The van der Waals surface area contributed by atoms with Crippen molar-refractivity contribution >= 4 is 17.8 Å². The first-order chi connectivity index (χ1) is 7.51. The highest BCUT2D eigenvalue weighted by molar-refractivity contribution is 5.84. The number of hydrogen-bond donors (Lipinski definition) is 2. The van der Waals surface area contributed by atoms with Gasteiger partial charge in [0.1, 0.15) is 12.6 Å². The van der Waals surface area contributed by atoms with Crippen LogP contribution in [0.25, 0.3) is 0 Å². The van der Waals surface area contributed by atoms with Crippen molar-refractivity contribution in [3.05, 3.63) is 0 Å². The van der Waals surface area contributed by atoms with Crippen molar-refractivity contribution < 1.29 is 29.0 Å². The van der Waals surface area contributed by atoms with Crippen LogP contribution in [0.4, 0.5) is 0 Å². The van der Waals surface area contributed by atoms with Gasteiger partial charge in [-0.3, -0.25) is 9.59 Å². The SMILES string of the molecule is COCC(=O)N[C@@H](CCC(=O)OC)C(=O)O. The van der Waals surface area contributed by atoms with E-state index in [1.54, 1.807) is 0 Å². The lowest BCUT2D eigenvalue weighted by Gasteiger charge is -2.13. The molecule has 7 heteroatoms. The Morgan fingerprint density at radius 1 is 1.31 bits per heavy atom. The lowest BCUT2D eigenvalue weighted by atomic mass is 10.1. The molecule has 0 saturated heterocycles. The Balaban J connectivity index is 4.12. The summed E-state index contributed by atoms with van der Waals surface area (Å²) in [7, 11) is 2.53. The first-order valence-corrected chi connectivity index (χ1v) is 4.59. The van der Waals surface area contributed by atoms with E-state index in [-0.39, 0.29) is 19.4 Å². The fraction of sp³-hybridized carbons (Fsp3) is 0.667. The zero-order valence-corrected chi connectivity index (χ0v) is 9.19. The summed E-state index contributed by atoms with van der Waals surface area (Å²) in [5, 5.41) is 11.0. The van der Waals surface area contributed by atoms with E-state index in [0.29, 0.717) is 0 Å². The maximum absolute atomic E-state index is 11.1. The van der Waals surface area contributed by atoms with Crippen LogP contribution in [0.15, 0.2) is 0 Å². The van der Waals surface area contributed by atoms with Gasteiger partial charge in [-0.2, -0.15) is 0 Å². The van der Waals surface area contributed by atoms with Crippen LogP contribution in [-0.4, -0.2) is 49.8 Å². The number of hydrogen-bond acceptors (Lipinski definition) is 5. The van der Waals surface area contributed by atoms with E-state index in [9.17, 15) is 14.4 Å². The van der Waals surface area contributed by atoms with Gasteiger partial charge in [0, 0.05) is 13.5 Å². The van der Waals surface area contributed by atoms with E-state index < -0.39 is 23.9 Å². The van der Waals surface area contributed by atoms with Gasteiger partial charge in [0.15, 0.2) is 0 Å². The Morgan fingerprint density at radius 3 is 2.38 bits per heavy atom. The van der Waals surface area contributed by atoms with Crippen molar-refractivity contribution in [2.24, 2.45) is 0 Å². The highest BCUT2D eigenvalue weighted by Gasteiger charge is 2.20. The number of amides is 1. The third-order valence-electron chi connectivity index (χ3n) is 1.77. The molecule has 7 nitrogen and oxygen atoms in total. The smallest absolute Gasteiger partial charge is 0.326 e. The van der Waals surface area contributed by atoms with E-state index in [0.717, 1.165) is 0 Å². The molecule has 0 unspecified atom stereocenters. The molecule has 0 fully saturated rings. The average Bonchev–Trinajstić information content (AvgIpc) is 2.23. The second-order valence-electron chi connectivity index (χ2n) is 3.01. The largest absolute Gasteiger partial charge is 0.480 e. The second kappa shape index (κ2) is 7.63.